The van der Waals surface area contributed by atoms with Crippen LogP contribution in [0.1, 0.15) is 18.1 Å². The van der Waals surface area contributed by atoms with Crippen molar-refractivity contribution in [1.82, 2.24) is 0 Å². The molecule has 5 heteroatoms. The Balaban J connectivity index is 2.26. The van der Waals surface area contributed by atoms with E-state index >= 15 is 0 Å². The molecule has 0 unspecified atom stereocenters. The monoisotopic (exact) mass is 429 g/mol. The van der Waals surface area contributed by atoms with Crippen LogP contribution in [0.15, 0.2) is 44.3 Å². The highest BCUT2D eigenvalue weighted by Gasteiger charge is 2.07. The van der Waals surface area contributed by atoms with Crippen LogP contribution in [0.2, 0.25) is 5.02 Å². The summed E-state index contributed by atoms with van der Waals surface area (Å²) in [6, 6.07) is 9.69. The lowest BCUT2D eigenvalue weighted by molar-refractivity contribution is 0.336. The zero-order chi connectivity index (χ0) is 15.4. The van der Waals surface area contributed by atoms with Crippen LogP contribution in [0.25, 0.3) is 0 Å². The minimum Gasteiger partial charge on any atom is -0.492 e. The number of nitrogens with zero attached hydrogens (tertiary/aromatic N) is 1. The number of hydrogen-bond donors (Lipinski definition) is 0. The first-order chi connectivity index (χ1) is 10.0. The first-order valence-electron chi connectivity index (χ1n) is 6.43. The number of halogens is 3. The van der Waals surface area contributed by atoms with Crippen molar-refractivity contribution >= 4 is 55.4 Å². The van der Waals surface area contributed by atoms with Gasteiger partial charge in [0.15, 0.2) is 0 Å². The van der Waals surface area contributed by atoms with Gasteiger partial charge in [0.05, 0.1) is 21.2 Å². The molecule has 0 aromatic heterocycles. The van der Waals surface area contributed by atoms with E-state index in [1.165, 1.54) is 0 Å². The van der Waals surface area contributed by atoms with E-state index in [1.54, 1.807) is 6.21 Å². The van der Waals surface area contributed by atoms with Crippen LogP contribution < -0.4 is 4.74 Å². The normalized spacial score (nSPS) is 11.1. The van der Waals surface area contributed by atoms with Crippen LogP contribution in [-0.2, 0) is 0 Å². The standard InChI is InChI=1S/C16H14Br2ClNO/c1-3-21-16-13(17)6-11(7-14(16)18)9-20-12-5-4-10(2)15(19)8-12/h4-9H,3H2,1-2H3. The number of rotatable bonds is 4. The fraction of sp³-hybridized carbons (Fsp3) is 0.188. The molecule has 0 aliphatic heterocycles. The summed E-state index contributed by atoms with van der Waals surface area (Å²) in [6.45, 7) is 4.54. The molecule has 2 rings (SSSR count). The van der Waals surface area contributed by atoms with Crippen LogP contribution in [0.3, 0.4) is 0 Å². The van der Waals surface area contributed by atoms with Gasteiger partial charge in [-0.05, 0) is 81.1 Å². The molecule has 0 amide bonds. The quantitative estimate of drug-likeness (QED) is 0.519. The lowest BCUT2D eigenvalue weighted by Gasteiger charge is -2.09. The second kappa shape index (κ2) is 7.43. The molecule has 0 atom stereocenters. The zero-order valence-electron chi connectivity index (χ0n) is 11.7. The second-order valence-electron chi connectivity index (χ2n) is 4.44. The molecule has 2 aromatic carbocycles. The molecule has 110 valence electrons. The number of ether oxygens (including phenoxy) is 1. The van der Waals surface area contributed by atoms with Gasteiger partial charge < -0.3 is 4.74 Å². The molecule has 0 saturated carbocycles. The first-order valence-corrected chi connectivity index (χ1v) is 8.39. The molecule has 2 aromatic rings. The Hall–Kier alpha value is -0.840. The van der Waals surface area contributed by atoms with Gasteiger partial charge in [-0.2, -0.15) is 0 Å². The van der Waals surface area contributed by atoms with Gasteiger partial charge in [-0.3, -0.25) is 4.99 Å². The summed E-state index contributed by atoms with van der Waals surface area (Å²) in [6.07, 6.45) is 1.80. The predicted octanol–water partition coefficient (Wildman–Crippen LogP) is 6.32. The molecular formula is C16H14Br2ClNO. The van der Waals surface area contributed by atoms with Gasteiger partial charge >= 0.3 is 0 Å². The fourth-order valence-electron chi connectivity index (χ4n) is 1.75. The van der Waals surface area contributed by atoms with Crippen molar-refractivity contribution in [2.75, 3.05) is 6.61 Å². The van der Waals surface area contributed by atoms with E-state index in [-0.39, 0.29) is 0 Å². The number of aliphatic imine (C=N–C) groups is 1. The average molecular weight is 432 g/mol. The summed E-state index contributed by atoms with van der Waals surface area (Å²) in [4.78, 5) is 4.44. The third-order valence-electron chi connectivity index (χ3n) is 2.83. The fourth-order valence-corrected chi connectivity index (χ4v) is 3.37. The zero-order valence-corrected chi connectivity index (χ0v) is 15.6. The smallest absolute Gasteiger partial charge is 0.147 e. The minimum absolute atomic E-state index is 0.618. The van der Waals surface area contributed by atoms with Gasteiger partial charge in [0.25, 0.3) is 0 Å². The van der Waals surface area contributed by atoms with Crippen molar-refractivity contribution in [1.29, 1.82) is 0 Å². The molecule has 0 spiro atoms. The lowest BCUT2D eigenvalue weighted by atomic mass is 10.2. The Morgan fingerprint density at radius 3 is 2.43 bits per heavy atom. The average Bonchev–Trinajstić information content (AvgIpc) is 2.44. The number of aryl methyl sites for hydroxylation is 1. The Bertz CT molecular complexity index is 663. The summed E-state index contributed by atoms with van der Waals surface area (Å²) in [5, 5.41) is 0.721. The van der Waals surface area contributed by atoms with Crippen molar-refractivity contribution in [3.63, 3.8) is 0 Å². The van der Waals surface area contributed by atoms with Crippen LogP contribution in [0.4, 0.5) is 5.69 Å². The Morgan fingerprint density at radius 1 is 1.19 bits per heavy atom. The molecule has 0 aliphatic carbocycles. The summed E-state index contributed by atoms with van der Waals surface area (Å²) < 4.78 is 7.34. The van der Waals surface area contributed by atoms with Gasteiger partial charge in [-0.1, -0.05) is 17.7 Å². The van der Waals surface area contributed by atoms with Gasteiger partial charge in [0, 0.05) is 11.2 Å². The van der Waals surface area contributed by atoms with E-state index in [0.717, 1.165) is 36.5 Å². The van der Waals surface area contributed by atoms with E-state index in [0.29, 0.717) is 6.61 Å². The maximum absolute atomic E-state index is 6.10. The van der Waals surface area contributed by atoms with Gasteiger partial charge in [-0.25, -0.2) is 0 Å². The highest BCUT2D eigenvalue weighted by molar-refractivity contribution is 9.11. The maximum Gasteiger partial charge on any atom is 0.147 e. The summed E-state index contributed by atoms with van der Waals surface area (Å²) in [5.41, 5.74) is 2.84. The van der Waals surface area contributed by atoms with Gasteiger partial charge in [0.1, 0.15) is 5.75 Å². The van der Waals surface area contributed by atoms with Crippen molar-refractivity contribution in [3.8, 4) is 5.75 Å². The lowest BCUT2D eigenvalue weighted by Crippen LogP contribution is -1.94. The molecular weight excluding hydrogens is 417 g/mol. The predicted molar refractivity (Wildman–Crippen MR) is 96.5 cm³/mol. The molecule has 0 bridgehead atoms. The third kappa shape index (κ3) is 4.31. The number of benzene rings is 2. The van der Waals surface area contributed by atoms with Gasteiger partial charge in [-0.15, -0.1) is 0 Å². The van der Waals surface area contributed by atoms with Crippen molar-refractivity contribution < 1.29 is 4.74 Å². The van der Waals surface area contributed by atoms with Gasteiger partial charge in [0.2, 0.25) is 0 Å². The first kappa shape index (κ1) is 16.5. The van der Waals surface area contributed by atoms with Crippen molar-refractivity contribution in [2.45, 2.75) is 13.8 Å². The Morgan fingerprint density at radius 2 is 1.86 bits per heavy atom. The molecule has 2 nitrogen and oxygen atoms in total. The number of hydrogen-bond acceptors (Lipinski definition) is 2. The maximum atomic E-state index is 6.10. The Kier molecular flexibility index (Phi) is 5.85. The summed E-state index contributed by atoms with van der Waals surface area (Å²) in [7, 11) is 0. The highest BCUT2D eigenvalue weighted by Crippen LogP contribution is 2.34. The molecule has 0 aliphatic rings. The highest BCUT2D eigenvalue weighted by atomic mass is 79.9. The van der Waals surface area contributed by atoms with Crippen molar-refractivity contribution in [2.24, 2.45) is 4.99 Å². The largest absolute Gasteiger partial charge is 0.492 e. The van der Waals surface area contributed by atoms with Crippen LogP contribution in [0, 0.1) is 6.92 Å². The van der Waals surface area contributed by atoms with E-state index < -0.39 is 0 Å². The van der Waals surface area contributed by atoms with E-state index in [4.69, 9.17) is 16.3 Å². The SMILES string of the molecule is CCOc1c(Br)cc(C=Nc2ccc(C)c(Cl)c2)cc1Br. The van der Waals surface area contributed by atoms with E-state index in [2.05, 4.69) is 36.9 Å². The second-order valence-corrected chi connectivity index (χ2v) is 6.55. The minimum atomic E-state index is 0.618. The Labute approximate surface area is 146 Å². The van der Waals surface area contributed by atoms with Crippen LogP contribution in [0.5, 0.6) is 5.75 Å². The summed E-state index contributed by atoms with van der Waals surface area (Å²) >= 11 is 13.1. The molecule has 0 N–H and O–H groups in total. The van der Waals surface area contributed by atoms with Crippen LogP contribution >= 0.6 is 43.5 Å². The molecule has 0 radical (unpaired) electrons. The third-order valence-corrected chi connectivity index (χ3v) is 4.41. The molecule has 0 heterocycles. The molecule has 21 heavy (non-hydrogen) atoms. The van der Waals surface area contributed by atoms with Crippen molar-refractivity contribution in [3.05, 3.63) is 55.4 Å². The topological polar surface area (TPSA) is 21.6 Å². The van der Waals surface area contributed by atoms with E-state index in [1.807, 2.05) is 44.2 Å². The van der Waals surface area contributed by atoms with E-state index in [9.17, 15) is 0 Å². The molecule has 0 saturated heterocycles. The van der Waals surface area contributed by atoms with Crippen LogP contribution in [-0.4, -0.2) is 12.8 Å². The molecule has 0 fully saturated rings. The summed E-state index contributed by atoms with van der Waals surface area (Å²) in [5.74, 6) is 0.799.